The van der Waals surface area contributed by atoms with Crippen LogP contribution < -0.4 is 10.6 Å². The molecule has 1 aromatic rings. The molecule has 0 spiro atoms. The van der Waals surface area contributed by atoms with Crippen molar-refractivity contribution in [1.82, 2.24) is 25.1 Å². The van der Waals surface area contributed by atoms with Gasteiger partial charge in [0.2, 0.25) is 0 Å². The minimum Gasteiger partial charge on any atom is -0.380 e. The lowest BCUT2D eigenvalue weighted by Crippen LogP contribution is -2.35. The Morgan fingerprint density at radius 1 is 1.04 bits per heavy atom. The second-order valence-electron chi connectivity index (χ2n) is 13.0. The largest absolute Gasteiger partial charge is 0.380 e. The Morgan fingerprint density at radius 3 is 2.27 bits per heavy atom. The van der Waals surface area contributed by atoms with Crippen molar-refractivity contribution < 1.29 is 0 Å². The first-order chi connectivity index (χ1) is 24.8. The number of nitrogens with one attached hydrogen (secondary N) is 2. The van der Waals surface area contributed by atoms with Gasteiger partial charge in [-0.15, -0.1) is 25.5 Å². The topological polar surface area (TPSA) is 45.1 Å². The van der Waals surface area contributed by atoms with E-state index in [0.29, 0.717) is 17.8 Å². The number of hydrogen-bond donors (Lipinski definition) is 2. The van der Waals surface area contributed by atoms with Crippen LogP contribution in [0.4, 0.5) is 0 Å². The molecule has 274 valence electrons. The molecule has 1 aliphatic heterocycles. The predicted molar refractivity (Wildman–Crippen MR) is 228 cm³/mol. The van der Waals surface area contributed by atoms with Crippen LogP contribution in [-0.2, 0) is 0 Å². The van der Waals surface area contributed by atoms with Crippen molar-refractivity contribution >= 4 is 5.70 Å². The van der Waals surface area contributed by atoms with Gasteiger partial charge in [0, 0.05) is 49.3 Å². The van der Waals surface area contributed by atoms with Gasteiger partial charge in [0.05, 0.1) is 17.4 Å². The number of hydrogen-bond acceptors (Lipinski definition) is 4. The first-order valence-corrected chi connectivity index (χ1v) is 18.0. The number of terminal acetylenes is 1. The van der Waals surface area contributed by atoms with Gasteiger partial charge in [0.25, 0.3) is 0 Å². The van der Waals surface area contributed by atoms with E-state index in [1.54, 1.807) is 6.20 Å². The number of allylic oxidation sites excluding steroid dienone is 9. The maximum absolute atomic E-state index is 5.89. The van der Waals surface area contributed by atoms with Crippen molar-refractivity contribution in [3.8, 4) is 12.3 Å². The summed E-state index contributed by atoms with van der Waals surface area (Å²) in [7, 11) is 0. The van der Waals surface area contributed by atoms with Gasteiger partial charge >= 0.3 is 0 Å². The Bertz CT molecular complexity index is 1820. The first kappa shape index (κ1) is 42.7. The van der Waals surface area contributed by atoms with Crippen LogP contribution in [0.1, 0.15) is 59.7 Å². The second-order valence-corrected chi connectivity index (χ2v) is 13.0. The Kier molecular flexibility index (Phi) is 16.7. The number of nitrogens with zero attached hydrogens (tertiary/aromatic N) is 3. The molecule has 3 rings (SSSR count). The summed E-state index contributed by atoms with van der Waals surface area (Å²) >= 11 is 0. The molecule has 2 N–H and O–H groups in total. The summed E-state index contributed by atoms with van der Waals surface area (Å²) in [5, 5.41) is 7.15. The van der Waals surface area contributed by atoms with Gasteiger partial charge in [-0.25, -0.2) is 4.98 Å². The summed E-state index contributed by atoms with van der Waals surface area (Å²) in [6.07, 6.45) is 24.7. The average molecular weight is 696 g/mol. The van der Waals surface area contributed by atoms with Crippen LogP contribution in [-0.4, -0.2) is 40.1 Å². The van der Waals surface area contributed by atoms with E-state index in [0.717, 1.165) is 71.9 Å². The normalized spacial score (nSPS) is 16.6. The highest BCUT2D eigenvalue weighted by molar-refractivity contribution is 5.68. The molecule has 0 fully saturated rings. The van der Waals surface area contributed by atoms with E-state index in [4.69, 9.17) is 6.42 Å². The van der Waals surface area contributed by atoms with Crippen LogP contribution in [0.2, 0.25) is 0 Å². The van der Waals surface area contributed by atoms with Crippen LogP contribution in [0.15, 0.2) is 175 Å². The lowest BCUT2D eigenvalue weighted by atomic mass is 9.83. The maximum Gasteiger partial charge on any atom is 0.110 e. The van der Waals surface area contributed by atoms with E-state index in [9.17, 15) is 0 Å². The van der Waals surface area contributed by atoms with Crippen molar-refractivity contribution in [3.05, 3.63) is 181 Å². The molecule has 0 saturated carbocycles. The third-order valence-corrected chi connectivity index (χ3v) is 9.71. The number of rotatable bonds is 18. The Labute approximate surface area is 315 Å². The fourth-order valence-electron chi connectivity index (χ4n) is 6.17. The second kappa shape index (κ2) is 20.4. The summed E-state index contributed by atoms with van der Waals surface area (Å²) in [6, 6.07) is -0.124. The van der Waals surface area contributed by atoms with E-state index in [1.807, 2.05) is 42.8 Å². The molecule has 0 bridgehead atoms. The molecule has 52 heavy (non-hydrogen) atoms. The van der Waals surface area contributed by atoms with Gasteiger partial charge in [-0.05, 0) is 97.6 Å². The zero-order valence-corrected chi connectivity index (χ0v) is 32.8. The van der Waals surface area contributed by atoms with Crippen LogP contribution in [0, 0.1) is 25.2 Å². The molecule has 1 aromatic heterocycles. The SMILES string of the molecule is C#CC(C)[C@H](NC(=C)C(=C)/C=C(/C(=C)NC/C(=C/C1=C(C=C)CCN(C2=C(C)C(=C)C2=C)C1)CC)n1ccnc1C)/C(C)=C/C=C(/C=C)CC.C=C. The Morgan fingerprint density at radius 2 is 1.73 bits per heavy atom. The van der Waals surface area contributed by atoms with Crippen LogP contribution in [0.5, 0.6) is 0 Å². The summed E-state index contributed by atoms with van der Waals surface area (Å²) in [6.45, 7) is 50.5. The quantitative estimate of drug-likeness (QED) is 0.0912. The zero-order valence-electron chi connectivity index (χ0n) is 32.8. The molecule has 5 heteroatoms. The van der Waals surface area contributed by atoms with Crippen LogP contribution in [0.3, 0.4) is 0 Å². The molecule has 2 atom stereocenters. The highest BCUT2D eigenvalue weighted by Gasteiger charge is 2.29. The van der Waals surface area contributed by atoms with E-state index < -0.39 is 0 Å². The lowest BCUT2D eigenvalue weighted by molar-refractivity contribution is 0.361. The molecule has 1 unspecified atom stereocenters. The van der Waals surface area contributed by atoms with E-state index in [2.05, 4.69) is 132 Å². The van der Waals surface area contributed by atoms with Gasteiger partial charge in [0.15, 0.2) is 0 Å². The van der Waals surface area contributed by atoms with Gasteiger partial charge in [0.1, 0.15) is 5.82 Å². The zero-order chi connectivity index (χ0) is 39.1. The minimum atomic E-state index is -0.124. The minimum absolute atomic E-state index is 0.0750. The van der Waals surface area contributed by atoms with E-state index in [1.165, 1.54) is 28.0 Å². The Balaban J connectivity index is 0.00000460. The third kappa shape index (κ3) is 10.5. The van der Waals surface area contributed by atoms with Gasteiger partial charge in [-0.1, -0.05) is 95.9 Å². The predicted octanol–water partition coefficient (Wildman–Crippen LogP) is 10.6. The van der Waals surface area contributed by atoms with Crippen molar-refractivity contribution in [2.75, 3.05) is 19.6 Å². The number of aryl methyl sites for hydroxylation is 1. The van der Waals surface area contributed by atoms with Gasteiger partial charge in [-0.3, -0.25) is 0 Å². The highest BCUT2D eigenvalue weighted by atomic mass is 15.2. The monoisotopic (exact) mass is 695 g/mol. The molecule has 1 aliphatic carbocycles. The molecule has 2 aliphatic rings. The summed E-state index contributed by atoms with van der Waals surface area (Å²) in [5.41, 5.74) is 13.7. The highest BCUT2D eigenvalue weighted by Crippen LogP contribution is 2.41. The fourth-order valence-corrected chi connectivity index (χ4v) is 6.17. The number of imidazole rings is 1. The summed E-state index contributed by atoms with van der Waals surface area (Å²) in [4.78, 5) is 6.90. The molecule has 0 aromatic carbocycles. The molecular formula is C47H61N5. The average Bonchev–Trinajstić information content (AvgIpc) is 3.59. The molecule has 2 heterocycles. The van der Waals surface area contributed by atoms with Gasteiger partial charge < -0.3 is 20.1 Å². The Hall–Kier alpha value is -5.47. The van der Waals surface area contributed by atoms with E-state index >= 15 is 0 Å². The molecule has 0 amide bonds. The van der Waals surface area contributed by atoms with E-state index in [-0.39, 0.29) is 12.0 Å². The smallest absolute Gasteiger partial charge is 0.110 e. The fraction of sp³-hybridized carbons (Fsp3) is 0.298. The van der Waals surface area contributed by atoms with Crippen molar-refractivity contribution in [2.45, 2.75) is 66.8 Å². The van der Waals surface area contributed by atoms with Crippen molar-refractivity contribution in [2.24, 2.45) is 5.92 Å². The van der Waals surface area contributed by atoms with Crippen LogP contribution in [0.25, 0.3) is 5.70 Å². The summed E-state index contributed by atoms with van der Waals surface area (Å²) in [5.74, 6) is 3.65. The van der Waals surface area contributed by atoms with Crippen LogP contribution >= 0.6 is 0 Å². The summed E-state index contributed by atoms with van der Waals surface area (Å²) < 4.78 is 2.01. The molecular weight excluding hydrogens is 635 g/mol. The molecule has 5 nitrogen and oxygen atoms in total. The molecule has 0 saturated heterocycles. The maximum atomic E-state index is 5.89. The van der Waals surface area contributed by atoms with Crippen molar-refractivity contribution in [3.63, 3.8) is 0 Å². The third-order valence-electron chi connectivity index (χ3n) is 9.71. The first-order valence-electron chi connectivity index (χ1n) is 18.0. The standard InChI is InChI=1S/C45H57N5.C2H4/c1-15-30(6)44(31(7)20-21-39(16-2)17-3)48-36(12)32(8)26-43(50-25-23-46-38(50)14)37(13)47-28-40(18-4)27-42-29-49(24-22-41(42)19-5)45-34(10)33(9)35(45)11;1-2/h1,16,19-21,23,25-27,30,44,47-48H,2,5,8-10,12-13,17-18,22,24,28-29H2,3-4,6-7,11,14H3;1-2H2/b31-20+,39-21-,40-27+,43-26-;/t30?,44-;/m0./s1. The van der Waals surface area contributed by atoms with Gasteiger partial charge in [-0.2, -0.15) is 0 Å². The van der Waals surface area contributed by atoms with Crippen molar-refractivity contribution in [1.29, 1.82) is 0 Å². The molecule has 0 radical (unpaired) electrons. The lowest BCUT2D eigenvalue weighted by Gasteiger charge is -2.40. The number of aromatic nitrogens is 2.